The van der Waals surface area contributed by atoms with Crippen LogP contribution < -0.4 is 5.32 Å². The highest BCUT2D eigenvalue weighted by Crippen LogP contribution is 2.17. The van der Waals surface area contributed by atoms with Gasteiger partial charge < -0.3 is 9.88 Å². The van der Waals surface area contributed by atoms with Crippen LogP contribution >= 0.6 is 22.9 Å². The molecule has 0 aliphatic rings. The van der Waals surface area contributed by atoms with Gasteiger partial charge in [-0.15, -0.1) is 11.3 Å². The summed E-state index contributed by atoms with van der Waals surface area (Å²) < 4.78 is 1.92. The number of nitrogens with zero attached hydrogens (tertiary/aromatic N) is 2. The fraction of sp³-hybridized carbons (Fsp3) is 0.0667. The Morgan fingerprint density at radius 3 is 2.86 bits per heavy atom. The summed E-state index contributed by atoms with van der Waals surface area (Å²) in [5, 5.41) is 6.15. The van der Waals surface area contributed by atoms with Crippen LogP contribution in [0.2, 0.25) is 5.02 Å². The Balaban J connectivity index is 1.65. The summed E-state index contributed by atoms with van der Waals surface area (Å²) in [6.07, 6.45) is 4.09. The van der Waals surface area contributed by atoms with Crippen molar-refractivity contribution in [3.05, 3.63) is 64.9 Å². The molecular weight excluding hydrogens is 306 g/mol. The van der Waals surface area contributed by atoms with Gasteiger partial charge in [-0.05, 0) is 30.3 Å². The summed E-state index contributed by atoms with van der Waals surface area (Å²) in [7, 11) is 0. The number of halogens is 1. The van der Waals surface area contributed by atoms with Crippen molar-refractivity contribution in [3.8, 4) is 5.13 Å². The third kappa shape index (κ3) is 3.51. The van der Waals surface area contributed by atoms with Crippen molar-refractivity contribution in [1.82, 2.24) is 9.55 Å². The Morgan fingerprint density at radius 2 is 2.10 bits per heavy atom. The Kier molecular flexibility index (Phi) is 4.03. The van der Waals surface area contributed by atoms with E-state index in [1.54, 1.807) is 24.3 Å². The van der Waals surface area contributed by atoms with Crippen LogP contribution in [-0.4, -0.2) is 15.5 Å². The van der Waals surface area contributed by atoms with Gasteiger partial charge in [0, 0.05) is 28.5 Å². The summed E-state index contributed by atoms with van der Waals surface area (Å²) >= 11 is 7.39. The molecule has 0 fully saturated rings. The van der Waals surface area contributed by atoms with Crippen molar-refractivity contribution < 1.29 is 4.79 Å². The maximum absolute atomic E-state index is 12.0. The summed E-state index contributed by atoms with van der Waals surface area (Å²) in [5.41, 5.74) is 1.44. The van der Waals surface area contributed by atoms with E-state index in [2.05, 4.69) is 10.3 Å². The van der Waals surface area contributed by atoms with Crippen molar-refractivity contribution in [3.63, 3.8) is 0 Å². The Morgan fingerprint density at radius 1 is 1.29 bits per heavy atom. The first-order valence-corrected chi connectivity index (χ1v) is 7.59. The zero-order chi connectivity index (χ0) is 14.7. The first-order valence-electron chi connectivity index (χ1n) is 6.34. The average molecular weight is 318 g/mol. The molecule has 4 nitrogen and oxygen atoms in total. The number of carbonyl (C=O) groups is 1. The van der Waals surface area contributed by atoms with Gasteiger partial charge in [0.25, 0.3) is 0 Å². The number of benzene rings is 1. The predicted octanol–water partition coefficient (Wildman–Crippen LogP) is 3.77. The van der Waals surface area contributed by atoms with E-state index in [1.165, 1.54) is 11.3 Å². The minimum Gasteiger partial charge on any atom is -0.326 e. The van der Waals surface area contributed by atoms with Gasteiger partial charge in [0.1, 0.15) is 0 Å². The first-order chi connectivity index (χ1) is 10.2. The van der Waals surface area contributed by atoms with Gasteiger partial charge in [-0.3, -0.25) is 4.79 Å². The average Bonchev–Trinajstić information content (AvgIpc) is 3.08. The predicted molar refractivity (Wildman–Crippen MR) is 85.2 cm³/mol. The standard InChI is InChI=1S/C15H12ClN3OS/c16-11-4-3-5-12(8-11)17-14(20)9-13-10-21-15(18-13)19-6-1-2-7-19/h1-8,10H,9H2,(H,17,20). The summed E-state index contributed by atoms with van der Waals surface area (Å²) in [6, 6.07) is 11.0. The molecule has 0 unspecified atom stereocenters. The lowest BCUT2D eigenvalue weighted by Gasteiger charge is -2.04. The molecule has 0 aliphatic carbocycles. The molecule has 3 rings (SSSR count). The first kappa shape index (κ1) is 13.9. The van der Waals surface area contributed by atoms with Crippen LogP contribution in [0.3, 0.4) is 0 Å². The van der Waals surface area contributed by atoms with Crippen molar-refractivity contribution in [1.29, 1.82) is 0 Å². The second-order valence-corrected chi connectivity index (χ2v) is 5.72. The van der Waals surface area contributed by atoms with Crippen LogP contribution in [0, 0.1) is 0 Å². The van der Waals surface area contributed by atoms with E-state index < -0.39 is 0 Å². The highest BCUT2D eigenvalue weighted by molar-refractivity contribution is 7.12. The van der Waals surface area contributed by atoms with Gasteiger partial charge in [-0.2, -0.15) is 0 Å². The zero-order valence-electron chi connectivity index (χ0n) is 11.0. The minimum absolute atomic E-state index is 0.110. The van der Waals surface area contributed by atoms with Gasteiger partial charge in [0.15, 0.2) is 5.13 Å². The molecule has 0 bridgehead atoms. The number of hydrogen-bond acceptors (Lipinski definition) is 3. The van der Waals surface area contributed by atoms with Crippen LogP contribution in [-0.2, 0) is 11.2 Å². The molecule has 1 aromatic carbocycles. The van der Waals surface area contributed by atoms with Crippen LogP contribution in [0.1, 0.15) is 5.69 Å². The molecule has 3 aromatic rings. The molecule has 1 amide bonds. The van der Waals surface area contributed by atoms with Crippen LogP contribution in [0.4, 0.5) is 5.69 Å². The number of carbonyl (C=O) groups excluding carboxylic acids is 1. The van der Waals surface area contributed by atoms with Crippen molar-refractivity contribution >= 4 is 34.5 Å². The summed E-state index contributed by atoms with van der Waals surface area (Å²) in [4.78, 5) is 16.4. The SMILES string of the molecule is O=C(Cc1csc(-n2cccc2)n1)Nc1cccc(Cl)c1. The number of anilines is 1. The molecule has 0 aliphatic heterocycles. The monoisotopic (exact) mass is 317 g/mol. The van der Waals surface area contributed by atoms with Crippen LogP contribution in [0.25, 0.3) is 5.13 Å². The van der Waals surface area contributed by atoms with Crippen LogP contribution in [0.15, 0.2) is 54.2 Å². The van der Waals surface area contributed by atoms with E-state index in [1.807, 2.05) is 34.5 Å². The highest BCUT2D eigenvalue weighted by atomic mass is 35.5. The number of rotatable bonds is 4. The van der Waals surface area contributed by atoms with E-state index in [4.69, 9.17) is 11.6 Å². The van der Waals surface area contributed by atoms with Crippen molar-refractivity contribution in [2.45, 2.75) is 6.42 Å². The summed E-state index contributed by atoms with van der Waals surface area (Å²) in [6.45, 7) is 0. The molecule has 0 atom stereocenters. The lowest BCUT2D eigenvalue weighted by Crippen LogP contribution is -2.14. The molecule has 0 radical (unpaired) electrons. The van der Waals surface area contributed by atoms with Gasteiger partial charge in [0.05, 0.1) is 12.1 Å². The largest absolute Gasteiger partial charge is 0.326 e. The molecule has 0 saturated carbocycles. The van der Waals surface area contributed by atoms with Crippen molar-refractivity contribution in [2.24, 2.45) is 0 Å². The summed E-state index contributed by atoms with van der Waals surface area (Å²) in [5.74, 6) is -0.110. The lowest BCUT2D eigenvalue weighted by atomic mass is 10.3. The Labute approximate surface area is 131 Å². The van der Waals surface area contributed by atoms with Crippen molar-refractivity contribution in [2.75, 3.05) is 5.32 Å². The van der Waals surface area contributed by atoms with E-state index in [-0.39, 0.29) is 12.3 Å². The second-order valence-electron chi connectivity index (χ2n) is 4.45. The van der Waals surface area contributed by atoms with Gasteiger partial charge in [-0.25, -0.2) is 4.98 Å². The van der Waals surface area contributed by atoms with Gasteiger partial charge >= 0.3 is 0 Å². The lowest BCUT2D eigenvalue weighted by molar-refractivity contribution is -0.115. The molecule has 21 heavy (non-hydrogen) atoms. The Bertz CT molecular complexity index is 752. The third-order valence-corrected chi connectivity index (χ3v) is 3.95. The van der Waals surface area contributed by atoms with Crippen LogP contribution in [0.5, 0.6) is 0 Å². The van der Waals surface area contributed by atoms with Gasteiger partial charge in [0.2, 0.25) is 5.91 Å². The number of aromatic nitrogens is 2. The highest BCUT2D eigenvalue weighted by Gasteiger charge is 2.09. The van der Waals surface area contributed by atoms with E-state index in [9.17, 15) is 4.79 Å². The second kappa shape index (κ2) is 6.11. The normalized spacial score (nSPS) is 10.5. The molecule has 6 heteroatoms. The quantitative estimate of drug-likeness (QED) is 0.796. The van der Waals surface area contributed by atoms with Gasteiger partial charge in [-0.1, -0.05) is 17.7 Å². The number of amides is 1. The molecule has 2 aromatic heterocycles. The maximum Gasteiger partial charge on any atom is 0.230 e. The third-order valence-electron chi connectivity index (χ3n) is 2.82. The van der Waals surface area contributed by atoms with E-state index in [0.717, 1.165) is 10.8 Å². The maximum atomic E-state index is 12.0. The molecular formula is C15H12ClN3OS. The fourth-order valence-electron chi connectivity index (χ4n) is 1.89. The molecule has 106 valence electrons. The number of hydrogen-bond donors (Lipinski definition) is 1. The number of nitrogens with one attached hydrogen (secondary N) is 1. The van der Waals surface area contributed by atoms with E-state index >= 15 is 0 Å². The molecule has 2 heterocycles. The fourth-order valence-corrected chi connectivity index (χ4v) is 2.88. The molecule has 0 spiro atoms. The van der Waals surface area contributed by atoms with E-state index in [0.29, 0.717) is 10.7 Å². The molecule has 1 N–H and O–H groups in total. The topological polar surface area (TPSA) is 46.9 Å². The Hall–Kier alpha value is -2.11. The number of thiazole rings is 1. The zero-order valence-corrected chi connectivity index (χ0v) is 12.6. The molecule has 0 saturated heterocycles. The minimum atomic E-state index is -0.110. The smallest absolute Gasteiger partial charge is 0.230 e.